The number of aromatic nitrogens is 2. The molecule has 4 aromatic rings. The predicted molar refractivity (Wildman–Crippen MR) is 102 cm³/mol. The molecule has 122 valence electrons. The molecule has 3 heteroatoms. The maximum absolute atomic E-state index is 11.7. The lowest BCUT2D eigenvalue weighted by Gasteiger charge is -1.94. The summed E-state index contributed by atoms with van der Waals surface area (Å²) < 4.78 is 0. The van der Waals surface area contributed by atoms with Crippen LogP contribution in [0.2, 0.25) is 0 Å². The van der Waals surface area contributed by atoms with Crippen molar-refractivity contribution in [3.05, 3.63) is 108 Å². The van der Waals surface area contributed by atoms with Crippen LogP contribution < -0.4 is 0 Å². The Hall–Kier alpha value is -3.46. The number of H-pyrrole nitrogens is 1. The Morgan fingerprint density at radius 1 is 0.800 bits per heavy atom. The Balaban J connectivity index is 0.000000170. The summed E-state index contributed by atoms with van der Waals surface area (Å²) in [5.74, 6) is 0.0319. The van der Waals surface area contributed by atoms with Gasteiger partial charge in [0.25, 0.3) is 0 Å². The fourth-order valence-electron chi connectivity index (χ4n) is 2.31. The number of benzene rings is 3. The van der Waals surface area contributed by atoms with E-state index in [2.05, 4.69) is 9.97 Å². The molecule has 0 bridgehead atoms. The molecule has 1 heterocycles. The summed E-state index contributed by atoms with van der Waals surface area (Å²) in [5, 5.41) is 0. The molecule has 0 radical (unpaired) electrons. The van der Waals surface area contributed by atoms with Crippen molar-refractivity contribution in [3.8, 4) is 0 Å². The lowest BCUT2D eigenvalue weighted by molar-refractivity contribution is 0.104. The van der Waals surface area contributed by atoms with Crippen LogP contribution in [0.1, 0.15) is 15.9 Å². The first-order valence-electron chi connectivity index (χ1n) is 8.03. The molecule has 0 unspecified atom stereocenters. The van der Waals surface area contributed by atoms with Crippen LogP contribution in [0, 0.1) is 0 Å². The predicted octanol–water partition coefficient (Wildman–Crippen LogP) is 5.15. The minimum atomic E-state index is 0.0319. The zero-order chi connectivity index (χ0) is 17.3. The highest BCUT2D eigenvalue weighted by Crippen LogP contribution is 2.06. The molecule has 1 aromatic heterocycles. The van der Waals surface area contributed by atoms with Gasteiger partial charge in [-0.2, -0.15) is 0 Å². The topological polar surface area (TPSA) is 45.8 Å². The van der Waals surface area contributed by atoms with E-state index in [1.54, 1.807) is 12.4 Å². The number of carbonyl (C=O) groups is 1. The molecule has 0 spiro atoms. The van der Waals surface area contributed by atoms with E-state index in [0.29, 0.717) is 0 Å². The average Bonchev–Trinajstić information content (AvgIpc) is 3.17. The van der Waals surface area contributed by atoms with Crippen LogP contribution in [0.25, 0.3) is 17.1 Å². The van der Waals surface area contributed by atoms with Crippen molar-refractivity contribution in [2.24, 2.45) is 0 Å². The standard InChI is InChI=1S/C15H12O.C7H6N2/c16-15(14-9-5-2-6-10-14)12-11-13-7-3-1-4-8-13;1-2-4-7-6(3-1)8-5-9-7/h1-12H;1-5H,(H,8,9). The average molecular weight is 326 g/mol. The minimum Gasteiger partial charge on any atom is -0.345 e. The zero-order valence-electron chi connectivity index (χ0n) is 13.7. The highest BCUT2D eigenvalue weighted by molar-refractivity contribution is 6.06. The van der Waals surface area contributed by atoms with E-state index in [4.69, 9.17) is 0 Å². The molecule has 0 saturated heterocycles. The van der Waals surface area contributed by atoms with Gasteiger partial charge in [0, 0.05) is 5.56 Å². The van der Waals surface area contributed by atoms with Gasteiger partial charge >= 0.3 is 0 Å². The summed E-state index contributed by atoms with van der Waals surface area (Å²) in [5.41, 5.74) is 3.87. The van der Waals surface area contributed by atoms with Gasteiger partial charge < -0.3 is 4.98 Å². The molecule has 1 N–H and O–H groups in total. The molecule has 3 aromatic carbocycles. The number of fused-ring (bicyclic) bond motifs is 1. The molecule has 0 fully saturated rings. The SMILES string of the molecule is O=C(C=Cc1ccccc1)c1ccccc1.c1ccc2[nH]cnc2c1. The number of imidazole rings is 1. The quantitative estimate of drug-likeness (QED) is 0.418. The van der Waals surface area contributed by atoms with E-state index >= 15 is 0 Å². The molecule has 3 nitrogen and oxygen atoms in total. The fraction of sp³-hybridized carbons (Fsp3) is 0. The summed E-state index contributed by atoms with van der Waals surface area (Å²) in [7, 11) is 0. The van der Waals surface area contributed by atoms with Crippen LogP contribution in [-0.4, -0.2) is 15.8 Å². The van der Waals surface area contributed by atoms with Gasteiger partial charge in [0.2, 0.25) is 0 Å². The molecular weight excluding hydrogens is 308 g/mol. The van der Waals surface area contributed by atoms with Gasteiger partial charge in [-0.15, -0.1) is 0 Å². The lowest BCUT2D eigenvalue weighted by atomic mass is 10.1. The van der Waals surface area contributed by atoms with Gasteiger partial charge in [-0.05, 0) is 23.8 Å². The molecule has 0 amide bonds. The monoisotopic (exact) mass is 326 g/mol. The maximum atomic E-state index is 11.7. The van der Waals surface area contributed by atoms with E-state index < -0.39 is 0 Å². The number of para-hydroxylation sites is 2. The summed E-state index contributed by atoms with van der Waals surface area (Å²) in [6.07, 6.45) is 5.13. The van der Waals surface area contributed by atoms with Crippen molar-refractivity contribution in [1.82, 2.24) is 9.97 Å². The van der Waals surface area contributed by atoms with Crippen LogP contribution >= 0.6 is 0 Å². The van der Waals surface area contributed by atoms with E-state index in [1.807, 2.05) is 91.0 Å². The van der Waals surface area contributed by atoms with Crippen molar-refractivity contribution >= 4 is 22.9 Å². The number of nitrogens with zero attached hydrogens (tertiary/aromatic N) is 1. The van der Waals surface area contributed by atoms with Crippen molar-refractivity contribution in [2.45, 2.75) is 0 Å². The largest absolute Gasteiger partial charge is 0.345 e. The van der Waals surface area contributed by atoms with Crippen LogP contribution in [0.15, 0.2) is 97.3 Å². The Bertz CT molecular complexity index is 927. The fourth-order valence-corrected chi connectivity index (χ4v) is 2.31. The van der Waals surface area contributed by atoms with Crippen molar-refractivity contribution in [1.29, 1.82) is 0 Å². The molecule has 0 aliphatic carbocycles. The third kappa shape index (κ3) is 4.75. The third-order valence-corrected chi connectivity index (χ3v) is 3.61. The van der Waals surface area contributed by atoms with Gasteiger partial charge in [0.15, 0.2) is 5.78 Å². The minimum absolute atomic E-state index is 0.0319. The van der Waals surface area contributed by atoms with Gasteiger partial charge in [0.05, 0.1) is 17.4 Å². The van der Waals surface area contributed by atoms with E-state index in [1.165, 1.54) is 0 Å². The first-order valence-corrected chi connectivity index (χ1v) is 8.03. The summed E-state index contributed by atoms with van der Waals surface area (Å²) in [4.78, 5) is 18.8. The summed E-state index contributed by atoms with van der Waals surface area (Å²) >= 11 is 0. The van der Waals surface area contributed by atoms with Crippen LogP contribution in [-0.2, 0) is 0 Å². The van der Waals surface area contributed by atoms with Crippen LogP contribution in [0.4, 0.5) is 0 Å². The Kier molecular flexibility index (Phi) is 5.52. The van der Waals surface area contributed by atoms with E-state index in [9.17, 15) is 4.79 Å². The molecule has 25 heavy (non-hydrogen) atoms. The molecule has 0 saturated carbocycles. The highest BCUT2D eigenvalue weighted by Gasteiger charge is 1.98. The number of hydrogen-bond donors (Lipinski definition) is 1. The number of nitrogens with one attached hydrogen (secondary N) is 1. The maximum Gasteiger partial charge on any atom is 0.185 e. The Morgan fingerprint density at radius 3 is 2.16 bits per heavy atom. The summed E-state index contributed by atoms with van der Waals surface area (Å²) in [6, 6.07) is 27.0. The second-order valence-electron chi connectivity index (χ2n) is 5.39. The summed E-state index contributed by atoms with van der Waals surface area (Å²) in [6.45, 7) is 0. The second-order valence-corrected chi connectivity index (χ2v) is 5.39. The van der Waals surface area contributed by atoms with Crippen molar-refractivity contribution < 1.29 is 4.79 Å². The van der Waals surface area contributed by atoms with Crippen molar-refractivity contribution in [2.75, 3.05) is 0 Å². The smallest absolute Gasteiger partial charge is 0.185 e. The molecule has 0 aliphatic rings. The Labute approximate surface area is 146 Å². The normalized spacial score (nSPS) is 10.4. The number of rotatable bonds is 3. The lowest BCUT2D eigenvalue weighted by Crippen LogP contribution is -1.92. The Morgan fingerprint density at radius 2 is 1.44 bits per heavy atom. The van der Waals surface area contributed by atoms with Crippen LogP contribution in [0.5, 0.6) is 0 Å². The molecule has 0 atom stereocenters. The van der Waals surface area contributed by atoms with E-state index in [-0.39, 0.29) is 5.78 Å². The van der Waals surface area contributed by atoms with Gasteiger partial charge in [-0.25, -0.2) is 4.98 Å². The third-order valence-electron chi connectivity index (χ3n) is 3.61. The second kappa shape index (κ2) is 8.41. The van der Waals surface area contributed by atoms with Gasteiger partial charge in [0.1, 0.15) is 0 Å². The van der Waals surface area contributed by atoms with E-state index in [0.717, 1.165) is 22.2 Å². The highest BCUT2D eigenvalue weighted by atomic mass is 16.1. The molecular formula is C22H18N2O. The number of aromatic amines is 1. The zero-order valence-corrected chi connectivity index (χ0v) is 13.7. The van der Waals surface area contributed by atoms with Crippen molar-refractivity contribution in [3.63, 3.8) is 0 Å². The number of carbonyl (C=O) groups excluding carboxylic acids is 1. The van der Waals surface area contributed by atoms with Gasteiger partial charge in [-0.3, -0.25) is 4.79 Å². The number of ketones is 1. The molecule has 4 rings (SSSR count). The number of allylic oxidation sites excluding steroid dienone is 1. The first kappa shape index (κ1) is 16.4. The molecule has 0 aliphatic heterocycles. The number of hydrogen-bond acceptors (Lipinski definition) is 2. The van der Waals surface area contributed by atoms with Gasteiger partial charge in [-0.1, -0.05) is 78.9 Å². The van der Waals surface area contributed by atoms with Crippen LogP contribution in [0.3, 0.4) is 0 Å². The first-order chi connectivity index (χ1) is 12.3.